The summed E-state index contributed by atoms with van der Waals surface area (Å²) in [5, 5.41) is 0.884. The van der Waals surface area contributed by atoms with Crippen LogP contribution in [0, 0.1) is 5.82 Å². The number of rotatable bonds is 2. The molecule has 0 amide bonds. The molecule has 0 aliphatic heterocycles. The van der Waals surface area contributed by atoms with Crippen molar-refractivity contribution < 1.29 is 9.13 Å². The maximum Gasteiger partial charge on any atom is 0.222 e. The second-order valence-electron chi connectivity index (χ2n) is 4.49. The molecule has 2 aromatic heterocycles. The molecular weight excluding hydrogens is 258 g/mol. The lowest BCUT2D eigenvalue weighted by atomic mass is 9.95. The second-order valence-corrected chi connectivity index (χ2v) is 4.49. The summed E-state index contributed by atoms with van der Waals surface area (Å²) >= 11 is 0. The van der Waals surface area contributed by atoms with E-state index in [1.54, 1.807) is 17.9 Å². The molecule has 2 N–H and O–H groups in total. The van der Waals surface area contributed by atoms with Crippen LogP contribution in [0.15, 0.2) is 30.6 Å². The monoisotopic (exact) mass is 270 g/mol. The van der Waals surface area contributed by atoms with Crippen molar-refractivity contribution in [3.8, 4) is 11.6 Å². The van der Waals surface area contributed by atoms with Crippen LogP contribution in [0.4, 0.5) is 10.3 Å². The number of nitrogen functional groups attached to an aromatic ring is 1. The Bertz CT molecular complexity index is 802. The summed E-state index contributed by atoms with van der Waals surface area (Å²) < 4.78 is 20.9. The Morgan fingerprint density at radius 3 is 2.95 bits per heavy atom. The quantitative estimate of drug-likeness (QED) is 0.685. The molecule has 0 atom stereocenters. The summed E-state index contributed by atoms with van der Waals surface area (Å²) in [7, 11) is 3.55. The first-order valence-corrected chi connectivity index (χ1v) is 6.04. The van der Waals surface area contributed by atoms with Crippen LogP contribution in [0.2, 0.25) is 0 Å². The number of fused-ring (bicyclic) bond motifs is 1. The fraction of sp³-hybridized carbons (Fsp3) is 0.0769. The maximum atomic E-state index is 13.9. The third-order valence-electron chi connectivity index (χ3n) is 3.11. The zero-order chi connectivity index (χ0) is 14.3. The van der Waals surface area contributed by atoms with Crippen molar-refractivity contribution in [2.24, 2.45) is 0 Å². The first kappa shape index (κ1) is 12.5. The fourth-order valence-electron chi connectivity index (χ4n) is 2.24. The molecule has 0 fully saturated rings. The molecule has 0 unspecified atom stereocenters. The number of anilines is 1. The molecule has 0 aliphatic rings. The lowest BCUT2D eigenvalue weighted by molar-refractivity contribution is 0.420. The molecule has 0 aliphatic carbocycles. The number of benzene rings is 1. The van der Waals surface area contributed by atoms with Gasteiger partial charge in [0.15, 0.2) is 11.6 Å². The topological polar surface area (TPSA) is 66.0 Å². The van der Waals surface area contributed by atoms with Gasteiger partial charge in [-0.1, -0.05) is 5.46 Å². The molecular formula is C13H12BFN4O. The second kappa shape index (κ2) is 4.52. The van der Waals surface area contributed by atoms with E-state index < -0.39 is 5.82 Å². The van der Waals surface area contributed by atoms with E-state index in [2.05, 4.69) is 9.97 Å². The van der Waals surface area contributed by atoms with Crippen LogP contribution in [0.5, 0.6) is 5.75 Å². The zero-order valence-corrected chi connectivity index (χ0v) is 11.1. The molecule has 3 rings (SSSR count). The SMILES string of the molecule is Bc1cc(OC)c2ccn(-c3nc(N)ncc3F)c2c1. The number of halogens is 1. The summed E-state index contributed by atoms with van der Waals surface area (Å²) in [6.07, 6.45) is 2.80. The highest BCUT2D eigenvalue weighted by molar-refractivity contribution is 6.33. The molecule has 0 radical (unpaired) electrons. The van der Waals surface area contributed by atoms with E-state index in [1.165, 1.54) is 0 Å². The van der Waals surface area contributed by atoms with Gasteiger partial charge < -0.3 is 10.5 Å². The Kier molecular flexibility index (Phi) is 2.82. The first-order valence-electron chi connectivity index (χ1n) is 6.04. The zero-order valence-electron chi connectivity index (χ0n) is 11.1. The molecule has 0 saturated carbocycles. The molecule has 2 heterocycles. The van der Waals surface area contributed by atoms with Crippen molar-refractivity contribution in [1.82, 2.24) is 14.5 Å². The highest BCUT2D eigenvalue weighted by atomic mass is 19.1. The van der Waals surface area contributed by atoms with Crippen molar-refractivity contribution >= 4 is 30.2 Å². The van der Waals surface area contributed by atoms with E-state index in [0.29, 0.717) is 0 Å². The highest BCUT2D eigenvalue weighted by Gasteiger charge is 2.13. The number of nitrogens with zero attached hydrogens (tertiary/aromatic N) is 3. The summed E-state index contributed by atoms with van der Waals surface area (Å²) in [5.41, 5.74) is 7.35. The molecule has 0 saturated heterocycles. The van der Waals surface area contributed by atoms with Crippen LogP contribution in [-0.2, 0) is 0 Å². The molecule has 0 spiro atoms. The third-order valence-corrected chi connectivity index (χ3v) is 3.11. The molecule has 1 aromatic carbocycles. The van der Waals surface area contributed by atoms with Gasteiger partial charge in [-0.05, 0) is 18.2 Å². The Labute approximate surface area is 115 Å². The van der Waals surface area contributed by atoms with Crippen LogP contribution in [0.3, 0.4) is 0 Å². The van der Waals surface area contributed by atoms with Crippen molar-refractivity contribution in [2.75, 3.05) is 12.8 Å². The largest absolute Gasteiger partial charge is 0.496 e. The van der Waals surface area contributed by atoms with E-state index in [1.807, 2.05) is 26.0 Å². The highest BCUT2D eigenvalue weighted by Crippen LogP contribution is 2.27. The van der Waals surface area contributed by atoms with Gasteiger partial charge in [-0.15, -0.1) is 0 Å². The summed E-state index contributed by atoms with van der Waals surface area (Å²) in [6, 6.07) is 5.72. The van der Waals surface area contributed by atoms with Gasteiger partial charge in [-0.3, -0.25) is 4.57 Å². The number of aromatic nitrogens is 3. The predicted molar refractivity (Wildman–Crippen MR) is 78.0 cm³/mol. The Morgan fingerprint density at radius 1 is 1.40 bits per heavy atom. The van der Waals surface area contributed by atoms with Crippen LogP contribution < -0.4 is 15.9 Å². The smallest absolute Gasteiger partial charge is 0.222 e. The minimum atomic E-state index is -0.530. The fourth-order valence-corrected chi connectivity index (χ4v) is 2.24. The first-order chi connectivity index (χ1) is 9.60. The van der Waals surface area contributed by atoms with Crippen LogP contribution in [-0.4, -0.2) is 29.5 Å². The van der Waals surface area contributed by atoms with E-state index in [4.69, 9.17) is 10.5 Å². The molecule has 0 bridgehead atoms. The van der Waals surface area contributed by atoms with Gasteiger partial charge in [0.2, 0.25) is 5.95 Å². The van der Waals surface area contributed by atoms with Crippen LogP contribution in [0.25, 0.3) is 16.7 Å². The van der Waals surface area contributed by atoms with E-state index in [0.717, 1.165) is 28.3 Å². The van der Waals surface area contributed by atoms with E-state index in [9.17, 15) is 4.39 Å². The van der Waals surface area contributed by atoms with Crippen molar-refractivity contribution in [2.45, 2.75) is 0 Å². The Balaban J connectivity index is 2.32. The summed E-state index contributed by atoms with van der Waals surface area (Å²) in [5.74, 6) is 0.362. The molecule has 100 valence electrons. The van der Waals surface area contributed by atoms with Gasteiger partial charge in [0.1, 0.15) is 13.6 Å². The van der Waals surface area contributed by atoms with Crippen LogP contribution in [0.1, 0.15) is 0 Å². The predicted octanol–water partition coefficient (Wildman–Crippen LogP) is 0.409. The number of ether oxygens (including phenoxy) is 1. The average Bonchev–Trinajstić information content (AvgIpc) is 2.84. The maximum absolute atomic E-state index is 13.9. The summed E-state index contributed by atoms with van der Waals surface area (Å²) in [6.45, 7) is 0. The van der Waals surface area contributed by atoms with Gasteiger partial charge >= 0.3 is 0 Å². The normalized spacial score (nSPS) is 10.9. The van der Waals surface area contributed by atoms with Crippen molar-refractivity contribution in [3.05, 3.63) is 36.4 Å². The molecule has 20 heavy (non-hydrogen) atoms. The van der Waals surface area contributed by atoms with Gasteiger partial charge in [0, 0.05) is 11.6 Å². The molecule has 5 nitrogen and oxygen atoms in total. The van der Waals surface area contributed by atoms with Gasteiger partial charge in [-0.2, -0.15) is 4.98 Å². The van der Waals surface area contributed by atoms with Crippen molar-refractivity contribution in [1.29, 1.82) is 0 Å². The lowest BCUT2D eigenvalue weighted by Gasteiger charge is -2.08. The number of hydrogen-bond acceptors (Lipinski definition) is 4. The van der Waals surface area contributed by atoms with Crippen molar-refractivity contribution in [3.63, 3.8) is 0 Å². The van der Waals surface area contributed by atoms with Gasteiger partial charge in [0.25, 0.3) is 0 Å². The lowest BCUT2D eigenvalue weighted by Crippen LogP contribution is -2.07. The third kappa shape index (κ3) is 1.87. The average molecular weight is 270 g/mol. The number of hydrogen-bond donors (Lipinski definition) is 1. The Hall–Kier alpha value is -2.57. The minimum Gasteiger partial charge on any atom is -0.496 e. The van der Waals surface area contributed by atoms with Gasteiger partial charge in [-0.25, -0.2) is 9.37 Å². The van der Waals surface area contributed by atoms with E-state index >= 15 is 0 Å². The minimum absolute atomic E-state index is 0.0304. The standard InChI is InChI=1S/C13H12BFN4O/c1-20-11-5-7(14)4-10-8(11)2-3-19(10)12-9(15)6-17-13(16)18-12/h2-6H,14H2,1H3,(H2,16,17,18). The molecule has 7 heteroatoms. The molecule has 3 aromatic rings. The Morgan fingerprint density at radius 2 is 2.20 bits per heavy atom. The number of nitrogens with two attached hydrogens (primary N) is 1. The summed E-state index contributed by atoms with van der Waals surface area (Å²) in [4.78, 5) is 7.60. The van der Waals surface area contributed by atoms with Gasteiger partial charge in [0.05, 0.1) is 18.8 Å². The van der Waals surface area contributed by atoms with E-state index in [-0.39, 0.29) is 11.8 Å². The van der Waals surface area contributed by atoms with Crippen LogP contribution >= 0.6 is 0 Å². The number of methoxy groups -OCH3 is 1.